The predicted octanol–water partition coefficient (Wildman–Crippen LogP) is 1.78. The van der Waals surface area contributed by atoms with Gasteiger partial charge in [-0.05, 0) is 43.5 Å². The normalized spacial score (nSPS) is 18.5. The summed E-state index contributed by atoms with van der Waals surface area (Å²) >= 11 is 0. The number of rotatable bonds is 5. The van der Waals surface area contributed by atoms with Crippen LogP contribution in [0.1, 0.15) is 31.2 Å². The van der Waals surface area contributed by atoms with Crippen molar-refractivity contribution in [1.29, 1.82) is 0 Å². The number of carbonyl (C=O) groups is 2. The van der Waals surface area contributed by atoms with E-state index in [1.54, 1.807) is 0 Å². The molecule has 1 amide bonds. The van der Waals surface area contributed by atoms with Gasteiger partial charge in [-0.15, -0.1) is 0 Å². The van der Waals surface area contributed by atoms with Crippen LogP contribution >= 0.6 is 0 Å². The van der Waals surface area contributed by atoms with Crippen LogP contribution in [0.5, 0.6) is 0 Å². The molecule has 1 aromatic carbocycles. The van der Waals surface area contributed by atoms with Gasteiger partial charge in [0.2, 0.25) is 5.91 Å². The first-order valence-corrected chi connectivity index (χ1v) is 7.00. The SMILES string of the molecule is O=C(O)CCc1ccc(NC(=O)[C@@H]2CCCCN2)cc1. The predicted molar refractivity (Wildman–Crippen MR) is 76.7 cm³/mol. The Bertz CT molecular complexity index is 465. The van der Waals surface area contributed by atoms with E-state index in [1.807, 2.05) is 24.3 Å². The Morgan fingerprint density at radius 3 is 2.60 bits per heavy atom. The highest BCUT2D eigenvalue weighted by atomic mass is 16.4. The van der Waals surface area contributed by atoms with Crippen molar-refractivity contribution in [2.45, 2.75) is 38.1 Å². The third kappa shape index (κ3) is 4.35. The van der Waals surface area contributed by atoms with Crippen LogP contribution in [-0.4, -0.2) is 29.6 Å². The maximum atomic E-state index is 12.0. The molecule has 1 heterocycles. The lowest BCUT2D eigenvalue weighted by molar-refractivity contribution is -0.137. The Morgan fingerprint density at radius 2 is 2.00 bits per heavy atom. The molecular formula is C15H20N2O3. The number of nitrogens with one attached hydrogen (secondary N) is 2. The number of hydrogen-bond acceptors (Lipinski definition) is 3. The zero-order valence-electron chi connectivity index (χ0n) is 11.4. The van der Waals surface area contributed by atoms with Crippen molar-refractivity contribution in [2.75, 3.05) is 11.9 Å². The van der Waals surface area contributed by atoms with Crippen LogP contribution in [-0.2, 0) is 16.0 Å². The van der Waals surface area contributed by atoms with Crippen LogP contribution in [0.3, 0.4) is 0 Å². The summed E-state index contributed by atoms with van der Waals surface area (Å²) in [5.41, 5.74) is 1.71. The average Bonchev–Trinajstić information content (AvgIpc) is 2.47. The summed E-state index contributed by atoms with van der Waals surface area (Å²) in [6.07, 6.45) is 3.72. The summed E-state index contributed by atoms with van der Waals surface area (Å²) in [5.74, 6) is -0.797. The van der Waals surface area contributed by atoms with E-state index in [1.165, 1.54) is 0 Å². The summed E-state index contributed by atoms with van der Waals surface area (Å²) in [7, 11) is 0. The van der Waals surface area contributed by atoms with Gasteiger partial charge in [-0.3, -0.25) is 9.59 Å². The topological polar surface area (TPSA) is 78.4 Å². The number of piperidine rings is 1. The van der Waals surface area contributed by atoms with Gasteiger partial charge in [-0.25, -0.2) is 0 Å². The zero-order valence-corrected chi connectivity index (χ0v) is 11.4. The molecule has 1 aliphatic heterocycles. The third-order valence-electron chi connectivity index (χ3n) is 3.48. The van der Waals surface area contributed by atoms with E-state index >= 15 is 0 Å². The van der Waals surface area contributed by atoms with Gasteiger partial charge in [-0.1, -0.05) is 18.6 Å². The third-order valence-corrected chi connectivity index (χ3v) is 3.48. The van der Waals surface area contributed by atoms with Gasteiger partial charge >= 0.3 is 5.97 Å². The van der Waals surface area contributed by atoms with Crippen LogP contribution in [0.25, 0.3) is 0 Å². The quantitative estimate of drug-likeness (QED) is 0.766. The Morgan fingerprint density at radius 1 is 1.25 bits per heavy atom. The molecule has 1 saturated heterocycles. The number of anilines is 1. The van der Waals surface area contributed by atoms with Gasteiger partial charge in [0.1, 0.15) is 0 Å². The molecule has 3 N–H and O–H groups in total. The largest absolute Gasteiger partial charge is 0.481 e. The lowest BCUT2D eigenvalue weighted by atomic mass is 10.0. The Kier molecular flexibility index (Phi) is 5.12. The van der Waals surface area contributed by atoms with E-state index in [9.17, 15) is 9.59 Å². The Hall–Kier alpha value is -1.88. The minimum absolute atomic E-state index is 0.00276. The maximum absolute atomic E-state index is 12.0. The average molecular weight is 276 g/mol. The highest BCUT2D eigenvalue weighted by Gasteiger charge is 2.20. The molecule has 5 nitrogen and oxygen atoms in total. The summed E-state index contributed by atoms with van der Waals surface area (Å²) in [6, 6.07) is 7.24. The van der Waals surface area contributed by atoms with Crippen LogP contribution in [0.15, 0.2) is 24.3 Å². The highest BCUT2D eigenvalue weighted by Crippen LogP contribution is 2.13. The van der Waals surface area contributed by atoms with Crippen LogP contribution in [0, 0.1) is 0 Å². The van der Waals surface area contributed by atoms with Gasteiger partial charge in [0.25, 0.3) is 0 Å². The van der Waals surface area contributed by atoms with Crippen molar-refractivity contribution in [3.63, 3.8) is 0 Å². The number of aryl methyl sites for hydroxylation is 1. The Labute approximate surface area is 118 Å². The number of amides is 1. The van der Waals surface area contributed by atoms with Crippen molar-refractivity contribution < 1.29 is 14.7 Å². The van der Waals surface area contributed by atoms with Gasteiger partial charge in [0, 0.05) is 12.1 Å². The van der Waals surface area contributed by atoms with Crippen molar-refractivity contribution in [3.05, 3.63) is 29.8 Å². The van der Waals surface area contributed by atoms with Crippen LogP contribution in [0.2, 0.25) is 0 Å². The molecule has 1 aliphatic rings. The summed E-state index contributed by atoms with van der Waals surface area (Å²) in [6.45, 7) is 0.895. The highest BCUT2D eigenvalue weighted by molar-refractivity contribution is 5.94. The van der Waals surface area contributed by atoms with Crippen molar-refractivity contribution >= 4 is 17.6 Å². The molecule has 0 spiro atoms. The minimum atomic E-state index is -0.800. The molecule has 1 atom stereocenters. The van der Waals surface area contributed by atoms with Crippen molar-refractivity contribution in [2.24, 2.45) is 0 Å². The first kappa shape index (κ1) is 14.5. The van der Waals surface area contributed by atoms with Gasteiger partial charge in [0.05, 0.1) is 6.04 Å². The molecule has 0 bridgehead atoms. The summed E-state index contributed by atoms with van der Waals surface area (Å²) < 4.78 is 0. The summed E-state index contributed by atoms with van der Waals surface area (Å²) in [5, 5.41) is 14.7. The maximum Gasteiger partial charge on any atom is 0.303 e. The molecule has 0 unspecified atom stereocenters. The number of carbonyl (C=O) groups excluding carboxylic acids is 1. The minimum Gasteiger partial charge on any atom is -0.481 e. The van der Waals surface area contributed by atoms with Crippen molar-refractivity contribution in [3.8, 4) is 0 Å². The molecule has 0 saturated carbocycles. The smallest absolute Gasteiger partial charge is 0.303 e. The van der Waals surface area contributed by atoms with E-state index in [-0.39, 0.29) is 18.4 Å². The Balaban J connectivity index is 1.86. The monoisotopic (exact) mass is 276 g/mol. The van der Waals surface area contributed by atoms with Gasteiger partial charge in [0.15, 0.2) is 0 Å². The number of aliphatic carboxylic acids is 1. The van der Waals surface area contributed by atoms with E-state index in [4.69, 9.17) is 5.11 Å². The second-order valence-electron chi connectivity index (χ2n) is 5.08. The van der Waals surface area contributed by atoms with Gasteiger partial charge in [-0.2, -0.15) is 0 Å². The molecule has 2 rings (SSSR count). The van der Waals surface area contributed by atoms with E-state index < -0.39 is 5.97 Å². The summed E-state index contributed by atoms with van der Waals surface area (Å²) in [4.78, 5) is 22.5. The zero-order chi connectivity index (χ0) is 14.4. The number of benzene rings is 1. The van der Waals surface area contributed by atoms with Gasteiger partial charge < -0.3 is 15.7 Å². The van der Waals surface area contributed by atoms with Crippen LogP contribution < -0.4 is 10.6 Å². The standard InChI is InChI=1S/C15H20N2O3/c18-14(19)9-6-11-4-7-12(8-5-11)17-15(20)13-3-1-2-10-16-13/h4-5,7-8,13,16H,1-3,6,9-10H2,(H,17,20)(H,18,19)/t13-/m0/s1. The van der Waals surface area contributed by atoms with Crippen LogP contribution in [0.4, 0.5) is 5.69 Å². The molecule has 1 fully saturated rings. The number of carboxylic acid groups (broad SMARTS) is 1. The van der Waals surface area contributed by atoms with E-state index in [0.717, 1.165) is 37.1 Å². The first-order chi connectivity index (χ1) is 9.65. The second-order valence-corrected chi connectivity index (χ2v) is 5.08. The first-order valence-electron chi connectivity index (χ1n) is 7.00. The number of carboxylic acids is 1. The fraction of sp³-hybridized carbons (Fsp3) is 0.467. The van der Waals surface area contributed by atoms with E-state index in [2.05, 4.69) is 10.6 Å². The fourth-order valence-electron chi connectivity index (χ4n) is 2.31. The lowest BCUT2D eigenvalue weighted by Gasteiger charge is -2.22. The number of hydrogen-bond donors (Lipinski definition) is 3. The molecule has 0 radical (unpaired) electrons. The fourth-order valence-corrected chi connectivity index (χ4v) is 2.31. The lowest BCUT2D eigenvalue weighted by Crippen LogP contribution is -2.43. The molecule has 20 heavy (non-hydrogen) atoms. The molecule has 108 valence electrons. The molecule has 0 aliphatic carbocycles. The van der Waals surface area contributed by atoms with Crippen molar-refractivity contribution in [1.82, 2.24) is 5.32 Å². The molecule has 0 aromatic heterocycles. The molecule has 1 aromatic rings. The molecular weight excluding hydrogens is 256 g/mol. The second kappa shape index (κ2) is 7.05. The van der Waals surface area contributed by atoms with E-state index in [0.29, 0.717) is 6.42 Å². The molecule has 5 heteroatoms.